The van der Waals surface area contributed by atoms with Gasteiger partial charge in [0.25, 0.3) is 5.56 Å². The molecule has 0 aliphatic carbocycles. The predicted octanol–water partition coefficient (Wildman–Crippen LogP) is 2.11. The Kier molecular flexibility index (Phi) is 3.70. The molecule has 0 aliphatic heterocycles. The molecule has 0 atom stereocenters. The molecule has 2 aromatic rings. The van der Waals surface area contributed by atoms with Gasteiger partial charge in [-0.25, -0.2) is 9.97 Å². The Morgan fingerprint density at radius 1 is 1.53 bits per heavy atom. The van der Waals surface area contributed by atoms with Crippen LogP contribution in [-0.2, 0) is 11.3 Å². The molecule has 0 spiro atoms. The Balaban J connectivity index is 2.52. The zero-order chi connectivity index (χ0) is 12.4. The lowest BCUT2D eigenvalue weighted by atomic mass is 10.4. The van der Waals surface area contributed by atoms with E-state index in [9.17, 15) is 4.79 Å². The van der Waals surface area contributed by atoms with Crippen molar-refractivity contribution in [2.24, 2.45) is 0 Å². The highest BCUT2D eigenvalue weighted by Crippen LogP contribution is 2.21. The lowest BCUT2D eigenvalue weighted by Gasteiger charge is -2.03. The van der Waals surface area contributed by atoms with E-state index in [2.05, 4.69) is 30.9 Å². The first-order chi connectivity index (χ1) is 8.11. The molecule has 0 unspecified atom stereocenters. The van der Waals surface area contributed by atoms with Crippen LogP contribution in [0.15, 0.2) is 14.6 Å². The zero-order valence-electron chi connectivity index (χ0n) is 9.28. The van der Waals surface area contributed by atoms with Crippen molar-refractivity contribution in [1.82, 2.24) is 15.0 Å². The van der Waals surface area contributed by atoms with Crippen molar-refractivity contribution in [2.75, 3.05) is 7.11 Å². The van der Waals surface area contributed by atoms with Gasteiger partial charge in [0, 0.05) is 18.2 Å². The van der Waals surface area contributed by atoms with Crippen LogP contribution in [0.4, 0.5) is 0 Å². The van der Waals surface area contributed by atoms with Crippen molar-refractivity contribution in [3.05, 3.63) is 31.6 Å². The summed E-state index contributed by atoms with van der Waals surface area (Å²) in [5.74, 6) is 0.475. The minimum absolute atomic E-state index is 0.227. The lowest BCUT2D eigenvalue weighted by Crippen LogP contribution is -2.14. The average molecular weight is 316 g/mol. The van der Waals surface area contributed by atoms with Gasteiger partial charge in [-0.1, -0.05) is 0 Å². The SMILES string of the molecule is COCc1nc(-c2nc(C)cs2)[nH]c(=O)c1Br. The highest BCUT2D eigenvalue weighted by atomic mass is 79.9. The molecule has 0 fully saturated rings. The number of nitrogens with zero attached hydrogens (tertiary/aromatic N) is 2. The molecular weight excluding hydrogens is 306 g/mol. The molecule has 0 aliphatic rings. The summed E-state index contributed by atoms with van der Waals surface area (Å²) in [6, 6.07) is 0. The van der Waals surface area contributed by atoms with Gasteiger partial charge >= 0.3 is 0 Å². The van der Waals surface area contributed by atoms with Gasteiger partial charge in [-0.3, -0.25) is 4.79 Å². The molecule has 2 aromatic heterocycles. The fourth-order valence-corrected chi connectivity index (χ4v) is 2.34. The third-order valence-corrected chi connectivity index (χ3v) is 3.82. The van der Waals surface area contributed by atoms with E-state index < -0.39 is 0 Å². The van der Waals surface area contributed by atoms with Gasteiger partial charge in [0.1, 0.15) is 4.47 Å². The third-order valence-electron chi connectivity index (χ3n) is 2.03. The summed E-state index contributed by atoms with van der Waals surface area (Å²) in [7, 11) is 1.56. The van der Waals surface area contributed by atoms with E-state index >= 15 is 0 Å². The third kappa shape index (κ3) is 2.62. The van der Waals surface area contributed by atoms with E-state index in [1.54, 1.807) is 7.11 Å². The zero-order valence-corrected chi connectivity index (χ0v) is 11.7. The maximum Gasteiger partial charge on any atom is 0.265 e. The second-order valence-corrected chi connectivity index (χ2v) is 5.05. The van der Waals surface area contributed by atoms with E-state index in [1.165, 1.54) is 11.3 Å². The fourth-order valence-electron chi connectivity index (χ4n) is 1.30. The summed E-state index contributed by atoms with van der Waals surface area (Å²) in [4.78, 5) is 23.0. The largest absolute Gasteiger partial charge is 0.378 e. The minimum Gasteiger partial charge on any atom is -0.378 e. The van der Waals surface area contributed by atoms with Crippen LogP contribution in [0.25, 0.3) is 10.8 Å². The van der Waals surface area contributed by atoms with Crippen LogP contribution in [0, 0.1) is 6.92 Å². The number of rotatable bonds is 3. The maximum absolute atomic E-state index is 11.7. The number of ether oxygens (including phenoxy) is 1. The van der Waals surface area contributed by atoms with Crippen molar-refractivity contribution in [3.63, 3.8) is 0 Å². The predicted molar refractivity (Wildman–Crippen MR) is 69.1 cm³/mol. The molecule has 7 heteroatoms. The second-order valence-electron chi connectivity index (χ2n) is 3.40. The van der Waals surface area contributed by atoms with Gasteiger partial charge in [0.2, 0.25) is 0 Å². The molecule has 0 amide bonds. The van der Waals surface area contributed by atoms with Crippen LogP contribution in [-0.4, -0.2) is 22.1 Å². The average Bonchev–Trinajstić information content (AvgIpc) is 2.71. The number of aromatic nitrogens is 3. The van der Waals surface area contributed by atoms with Gasteiger partial charge in [0.15, 0.2) is 10.8 Å². The topological polar surface area (TPSA) is 67.9 Å². The number of thiazole rings is 1. The Hall–Kier alpha value is -1.05. The van der Waals surface area contributed by atoms with Crippen molar-refractivity contribution in [1.29, 1.82) is 0 Å². The number of aryl methyl sites for hydroxylation is 1. The van der Waals surface area contributed by atoms with E-state index in [4.69, 9.17) is 4.74 Å². The van der Waals surface area contributed by atoms with Crippen molar-refractivity contribution in [3.8, 4) is 10.8 Å². The Bertz CT molecular complexity index is 593. The summed E-state index contributed by atoms with van der Waals surface area (Å²) in [6.45, 7) is 2.18. The number of H-pyrrole nitrogens is 1. The smallest absolute Gasteiger partial charge is 0.265 e. The van der Waals surface area contributed by atoms with Gasteiger partial charge in [-0.05, 0) is 22.9 Å². The van der Waals surface area contributed by atoms with Crippen molar-refractivity contribution >= 4 is 27.3 Å². The molecule has 5 nitrogen and oxygen atoms in total. The Labute approximate surface area is 110 Å². The molecule has 90 valence electrons. The molecule has 0 bridgehead atoms. The van der Waals surface area contributed by atoms with Gasteiger partial charge in [-0.15, -0.1) is 11.3 Å². The van der Waals surface area contributed by atoms with Crippen LogP contribution >= 0.6 is 27.3 Å². The number of hydrogen-bond donors (Lipinski definition) is 1. The molecule has 2 heterocycles. The summed E-state index contributed by atoms with van der Waals surface area (Å²) < 4.78 is 5.40. The van der Waals surface area contributed by atoms with E-state index in [0.717, 1.165) is 5.69 Å². The Morgan fingerprint density at radius 2 is 2.29 bits per heavy atom. The molecule has 17 heavy (non-hydrogen) atoms. The first kappa shape index (κ1) is 12.4. The maximum atomic E-state index is 11.7. The van der Waals surface area contributed by atoms with Crippen LogP contribution in [0.3, 0.4) is 0 Å². The van der Waals surface area contributed by atoms with Crippen LogP contribution in [0.1, 0.15) is 11.4 Å². The van der Waals surface area contributed by atoms with Crippen LogP contribution in [0.2, 0.25) is 0 Å². The summed E-state index contributed by atoms with van der Waals surface area (Å²) >= 11 is 4.63. The van der Waals surface area contributed by atoms with Gasteiger partial charge in [0.05, 0.1) is 12.3 Å². The normalized spacial score (nSPS) is 10.8. The number of hydrogen-bond acceptors (Lipinski definition) is 5. The number of halogens is 1. The van der Waals surface area contributed by atoms with Crippen LogP contribution < -0.4 is 5.56 Å². The van der Waals surface area contributed by atoms with Crippen molar-refractivity contribution in [2.45, 2.75) is 13.5 Å². The minimum atomic E-state index is -0.227. The van der Waals surface area contributed by atoms with E-state index in [1.807, 2.05) is 12.3 Å². The molecule has 0 radical (unpaired) electrons. The number of nitrogens with one attached hydrogen (secondary N) is 1. The number of methoxy groups -OCH3 is 1. The molecule has 0 saturated heterocycles. The van der Waals surface area contributed by atoms with Gasteiger partial charge in [-0.2, -0.15) is 0 Å². The molecule has 1 N–H and O–H groups in total. The second kappa shape index (κ2) is 5.07. The molecule has 2 rings (SSSR count). The molecular formula is C10H10BrN3O2S. The highest BCUT2D eigenvalue weighted by molar-refractivity contribution is 9.10. The fraction of sp³-hybridized carbons (Fsp3) is 0.300. The summed E-state index contributed by atoms with van der Waals surface area (Å²) in [5, 5.41) is 2.61. The summed E-state index contributed by atoms with van der Waals surface area (Å²) in [6.07, 6.45) is 0. The van der Waals surface area contributed by atoms with Crippen molar-refractivity contribution < 1.29 is 4.74 Å². The molecule has 0 aromatic carbocycles. The lowest BCUT2D eigenvalue weighted by molar-refractivity contribution is 0.180. The first-order valence-electron chi connectivity index (χ1n) is 4.82. The van der Waals surface area contributed by atoms with Crippen LogP contribution in [0.5, 0.6) is 0 Å². The number of aromatic amines is 1. The monoisotopic (exact) mass is 315 g/mol. The van der Waals surface area contributed by atoms with E-state index in [0.29, 0.717) is 21.0 Å². The van der Waals surface area contributed by atoms with Gasteiger partial charge < -0.3 is 9.72 Å². The first-order valence-corrected chi connectivity index (χ1v) is 6.49. The molecule has 0 saturated carbocycles. The van der Waals surface area contributed by atoms with E-state index in [-0.39, 0.29) is 12.2 Å². The summed E-state index contributed by atoms with van der Waals surface area (Å²) in [5.41, 5.74) is 1.25. The Morgan fingerprint density at radius 3 is 2.88 bits per heavy atom. The standard InChI is InChI=1S/C10H10BrN3O2S/c1-5-4-17-10(12-5)8-13-6(3-16-2)7(11)9(15)14-8/h4H,3H2,1-2H3,(H,13,14,15). The highest BCUT2D eigenvalue weighted by Gasteiger charge is 2.12. The quantitative estimate of drug-likeness (QED) is 0.942.